The van der Waals surface area contributed by atoms with Crippen LogP contribution in [-0.2, 0) is 4.79 Å². The number of aliphatic carboxylic acids is 1. The van der Waals surface area contributed by atoms with Crippen molar-refractivity contribution in [2.24, 2.45) is 5.92 Å². The van der Waals surface area contributed by atoms with E-state index in [1.54, 1.807) is 0 Å². The minimum Gasteiger partial charge on any atom is -0.508 e. The average Bonchev–Trinajstić information content (AvgIpc) is 2.40. The minimum absolute atomic E-state index is 0.0332. The maximum atomic E-state index is 12.3. The Labute approximate surface area is 122 Å². The van der Waals surface area contributed by atoms with Gasteiger partial charge in [-0.1, -0.05) is 19.8 Å². The molecule has 1 fully saturated rings. The molecule has 0 spiro atoms. The summed E-state index contributed by atoms with van der Waals surface area (Å²) in [6.45, 7) is 1.81. The largest absolute Gasteiger partial charge is 0.508 e. The van der Waals surface area contributed by atoms with Gasteiger partial charge in [0.05, 0.1) is 0 Å². The molecule has 2 unspecified atom stereocenters. The first-order chi connectivity index (χ1) is 9.85. The monoisotopic (exact) mass is 293 g/mol. The minimum atomic E-state index is -1.30. The van der Waals surface area contributed by atoms with Crippen LogP contribution in [-0.4, -0.2) is 32.7 Å². The number of nitrogens with one attached hydrogen (secondary N) is 1. The molecule has 4 N–H and O–H groups in total. The van der Waals surface area contributed by atoms with E-state index in [0.717, 1.165) is 25.3 Å². The van der Waals surface area contributed by atoms with Gasteiger partial charge in [0.25, 0.3) is 5.91 Å². The molecule has 21 heavy (non-hydrogen) atoms. The van der Waals surface area contributed by atoms with Crippen LogP contribution in [0.1, 0.15) is 43.0 Å². The van der Waals surface area contributed by atoms with E-state index in [2.05, 4.69) is 5.32 Å². The smallest absolute Gasteiger partial charge is 0.329 e. The van der Waals surface area contributed by atoms with Crippen molar-refractivity contribution < 1.29 is 24.9 Å². The van der Waals surface area contributed by atoms with Gasteiger partial charge in [0.15, 0.2) is 0 Å². The predicted molar refractivity (Wildman–Crippen MR) is 75.2 cm³/mol. The molecule has 6 heteroatoms. The molecule has 114 valence electrons. The van der Waals surface area contributed by atoms with E-state index >= 15 is 0 Å². The Kier molecular flexibility index (Phi) is 4.06. The third-order valence-corrected chi connectivity index (χ3v) is 4.18. The fourth-order valence-corrected chi connectivity index (χ4v) is 2.91. The van der Waals surface area contributed by atoms with Crippen LogP contribution >= 0.6 is 0 Å². The topological polar surface area (TPSA) is 107 Å². The van der Waals surface area contributed by atoms with Gasteiger partial charge in [-0.2, -0.15) is 0 Å². The van der Waals surface area contributed by atoms with Crippen molar-refractivity contribution in [2.75, 3.05) is 0 Å². The number of carboxylic acid groups (broad SMARTS) is 1. The first kappa shape index (κ1) is 15.2. The molecule has 1 aromatic carbocycles. The van der Waals surface area contributed by atoms with Crippen LogP contribution in [0.5, 0.6) is 11.5 Å². The number of benzene rings is 1. The first-order valence-electron chi connectivity index (χ1n) is 6.94. The van der Waals surface area contributed by atoms with Gasteiger partial charge >= 0.3 is 5.97 Å². The molecule has 0 aliphatic heterocycles. The van der Waals surface area contributed by atoms with Crippen molar-refractivity contribution >= 4 is 11.9 Å². The normalized spacial score (nSPS) is 25.3. The van der Waals surface area contributed by atoms with Crippen molar-refractivity contribution in [1.82, 2.24) is 5.32 Å². The van der Waals surface area contributed by atoms with Gasteiger partial charge in [0.1, 0.15) is 17.0 Å². The van der Waals surface area contributed by atoms with E-state index in [4.69, 9.17) is 0 Å². The quantitative estimate of drug-likeness (QED) is 0.680. The molecule has 1 aliphatic carbocycles. The summed E-state index contributed by atoms with van der Waals surface area (Å²) in [5.74, 6) is -2.34. The number of hydrogen-bond acceptors (Lipinski definition) is 4. The molecule has 0 heterocycles. The van der Waals surface area contributed by atoms with Crippen molar-refractivity contribution in [3.63, 3.8) is 0 Å². The van der Waals surface area contributed by atoms with Gasteiger partial charge in [0, 0.05) is 11.6 Å². The van der Waals surface area contributed by atoms with Gasteiger partial charge < -0.3 is 20.6 Å². The number of aromatic hydroxyl groups is 2. The molecule has 2 atom stereocenters. The Morgan fingerprint density at radius 3 is 2.33 bits per heavy atom. The van der Waals surface area contributed by atoms with E-state index in [-0.39, 0.29) is 23.0 Å². The van der Waals surface area contributed by atoms with Gasteiger partial charge in [-0.3, -0.25) is 4.79 Å². The van der Waals surface area contributed by atoms with Crippen LogP contribution in [0.3, 0.4) is 0 Å². The van der Waals surface area contributed by atoms with E-state index in [0.29, 0.717) is 6.42 Å². The van der Waals surface area contributed by atoms with Crippen molar-refractivity contribution in [2.45, 2.75) is 38.1 Å². The van der Waals surface area contributed by atoms with Crippen molar-refractivity contribution in [1.29, 1.82) is 0 Å². The molecule has 1 aliphatic rings. The lowest BCUT2D eigenvalue weighted by atomic mass is 9.73. The third-order valence-electron chi connectivity index (χ3n) is 4.18. The van der Waals surface area contributed by atoms with Crippen molar-refractivity contribution in [3.8, 4) is 11.5 Å². The first-order valence-corrected chi connectivity index (χ1v) is 6.94. The second-order valence-corrected chi connectivity index (χ2v) is 5.62. The highest BCUT2D eigenvalue weighted by atomic mass is 16.4. The standard InChI is InChI=1S/C15H19NO5/c1-9-4-2-3-5-15(9,14(20)21)16-13(19)10-6-11(17)8-12(18)7-10/h6-9,17-18H,2-5H2,1H3,(H,16,19)(H,20,21). The highest BCUT2D eigenvalue weighted by Crippen LogP contribution is 2.34. The number of rotatable bonds is 3. The zero-order chi connectivity index (χ0) is 15.6. The van der Waals surface area contributed by atoms with E-state index in [1.807, 2.05) is 6.92 Å². The highest BCUT2D eigenvalue weighted by molar-refractivity contribution is 5.98. The van der Waals surface area contributed by atoms with Crippen LogP contribution in [0.15, 0.2) is 18.2 Å². The maximum absolute atomic E-state index is 12.3. The van der Waals surface area contributed by atoms with E-state index < -0.39 is 17.4 Å². The van der Waals surface area contributed by atoms with Gasteiger partial charge in [-0.15, -0.1) is 0 Å². The third kappa shape index (κ3) is 2.94. The Morgan fingerprint density at radius 1 is 1.19 bits per heavy atom. The summed E-state index contributed by atoms with van der Waals surface area (Å²) in [5.41, 5.74) is -1.26. The summed E-state index contributed by atoms with van der Waals surface area (Å²) < 4.78 is 0. The lowest BCUT2D eigenvalue weighted by Crippen LogP contribution is -2.60. The Morgan fingerprint density at radius 2 is 1.81 bits per heavy atom. The number of carbonyl (C=O) groups is 2. The summed E-state index contributed by atoms with van der Waals surface area (Å²) in [5, 5.41) is 31.0. The second kappa shape index (κ2) is 5.63. The number of hydrogen-bond donors (Lipinski definition) is 4. The number of phenolic OH excluding ortho intramolecular Hbond substituents is 2. The average molecular weight is 293 g/mol. The van der Waals surface area contributed by atoms with E-state index in [9.17, 15) is 24.9 Å². The van der Waals surface area contributed by atoms with Crippen molar-refractivity contribution in [3.05, 3.63) is 23.8 Å². The molecule has 0 saturated heterocycles. The Balaban J connectivity index is 2.28. The summed E-state index contributed by atoms with van der Waals surface area (Å²) in [6, 6.07) is 3.49. The molecule has 1 aromatic rings. The summed E-state index contributed by atoms with van der Waals surface area (Å²) >= 11 is 0. The van der Waals surface area contributed by atoms with Crippen LogP contribution in [0.25, 0.3) is 0 Å². The summed E-state index contributed by atoms with van der Waals surface area (Å²) in [7, 11) is 0. The van der Waals surface area contributed by atoms with Gasteiger partial charge in [-0.25, -0.2) is 4.79 Å². The van der Waals surface area contributed by atoms with Crippen LogP contribution in [0.2, 0.25) is 0 Å². The number of carboxylic acids is 1. The summed E-state index contributed by atoms with van der Waals surface area (Å²) in [4.78, 5) is 23.9. The van der Waals surface area contributed by atoms with Crippen LogP contribution < -0.4 is 5.32 Å². The van der Waals surface area contributed by atoms with Gasteiger partial charge in [0.2, 0.25) is 0 Å². The molecule has 2 rings (SSSR count). The lowest BCUT2D eigenvalue weighted by molar-refractivity contribution is -0.148. The molecule has 1 saturated carbocycles. The van der Waals surface area contributed by atoms with Gasteiger partial charge in [-0.05, 0) is 30.9 Å². The molecular weight excluding hydrogens is 274 g/mol. The zero-order valence-electron chi connectivity index (χ0n) is 11.8. The second-order valence-electron chi connectivity index (χ2n) is 5.62. The zero-order valence-corrected chi connectivity index (χ0v) is 11.8. The lowest BCUT2D eigenvalue weighted by Gasteiger charge is -2.39. The number of carbonyl (C=O) groups excluding carboxylic acids is 1. The molecule has 6 nitrogen and oxygen atoms in total. The fraction of sp³-hybridized carbons (Fsp3) is 0.467. The Bertz CT molecular complexity index is 551. The van der Waals surface area contributed by atoms with E-state index in [1.165, 1.54) is 12.1 Å². The van der Waals surface area contributed by atoms with Crippen LogP contribution in [0, 0.1) is 5.92 Å². The fourth-order valence-electron chi connectivity index (χ4n) is 2.91. The summed E-state index contributed by atoms with van der Waals surface area (Å²) in [6.07, 6.45) is 2.79. The van der Waals surface area contributed by atoms with Crippen LogP contribution in [0.4, 0.5) is 0 Å². The molecular formula is C15H19NO5. The highest BCUT2D eigenvalue weighted by Gasteiger charge is 2.46. The number of amides is 1. The molecule has 0 aromatic heterocycles. The molecule has 1 amide bonds. The predicted octanol–water partition coefficient (Wildman–Crippen LogP) is 1.86. The SMILES string of the molecule is CC1CCCCC1(NC(=O)c1cc(O)cc(O)c1)C(=O)O. The molecule has 0 bridgehead atoms. The Hall–Kier alpha value is -2.24. The molecule has 0 radical (unpaired) electrons. The number of phenols is 2. The maximum Gasteiger partial charge on any atom is 0.329 e.